The highest BCUT2D eigenvalue weighted by Crippen LogP contribution is 2.35. The van der Waals surface area contributed by atoms with Crippen LogP contribution in [0.5, 0.6) is 0 Å². The fourth-order valence-electron chi connectivity index (χ4n) is 4.15. The Balaban J connectivity index is 1.63. The minimum absolute atomic E-state index is 0.143. The van der Waals surface area contributed by atoms with Crippen molar-refractivity contribution in [3.63, 3.8) is 0 Å². The third kappa shape index (κ3) is 3.74. The molecule has 1 aromatic carbocycles. The first-order chi connectivity index (χ1) is 15.9. The zero-order chi connectivity index (χ0) is 23.2. The lowest BCUT2D eigenvalue weighted by Gasteiger charge is -2.32. The van der Waals surface area contributed by atoms with E-state index < -0.39 is 9.84 Å². The van der Waals surface area contributed by atoms with Crippen LogP contribution in [0.4, 0.5) is 5.82 Å². The molecule has 1 aliphatic rings. The van der Waals surface area contributed by atoms with E-state index in [0.29, 0.717) is 25.5 Å². The number of carbonyl (C=O) groups is 1. The van der Waals surface area contributed by atoms with Crippen LogP contribution in [0.1, 0.15) is 25.3 Å². The van der Waals surface area contributed by atoms with Crippen molar-refractivity contribution in [2.75, 3.05) is 24.6 Å². The molecule has 4 heterocycles. The molecule has 1 saturated heterocycles. The van der Waals surface area contributed by atoms with Crippen LogP contribution in [0.3, 0.4) is 0 Å². The lowest BCUT2D eigenvalue weighted by atomic mass is 9.98. The molecule has 172 valence electrons. The summed E-state index contributed by atoms with van der Waals surface area (Å²) in [5, 5.41) is 9.88. The van der Waals surface area contributed by atoms with E-state index in [1.807, 2.05) is 23.3 Å². The number of fused-ring (bicyclic) bond motifs is 3. The molecule has 3 aromatic heterocycles. The molecule has 1 fully saturated rings. The minimum Gasteiger partial charge on any atom is -0.466 e. The van der Waals surface area contributed by atoms with E-state index >= 15 is 0 Å². The Morgan fingerprint density at radius 3 is 2.79 bits per heavy atom. The molecule has 0 amide bonds. The van der Waals surface area contributed by atoms with Gasteiger partial charge in [0.1, 0.15) is 0 Å². The minimum atomic E-state index is -3.92. The molecule has 4 aromatic rings. The van der Waals surface area contributed by atoms with Crippen LogP contribution in [0.25, 0.3) is 15.9 Å². The molecule has 0 unspecified atom stereocenters. The number of aromatic nitrogens is 4. The van der Waals surface area contributed by atoms with Gasteiger partial charge in [0.2, 0.25) is 14.9 Å². The van der Waals surface area contributed by atoms with Crippen molar-refractivity contribution in [1.82, 2.24) is 19.8 Å². The van der Waals surface area contributed by atoms with E-state index in [4.69, 9.17) is 9.72 Å². The fourth-order valence-corrected chi connectivity index (χ4v) is 6.27. The molecule has 0 bridgehead atoms. The summed E-state index contributed by atoms with van der Waals surface area (Å²) in [5.74, 6) is 0.189. The normalized spacial score (nSPS) is 17.0. The van der Waals surface area contributed by atoms with Crippen molar-refractivity contribution < 1.29 is 17.9 Å². The van der Waals surface area contributed by atoms with E-state index in [-0.39, 0.29) is 27.5 Å². The SMILES string of the molecule is CCOC(=O)[C@@H]1CCCN(c2nc3c(S(=O)(=O)c4ccc(C)cc4)nnn3c3ccsc23)C1. The Kier molecular flexibility index (Phi) is 5.53. The van der Waals surface area contributed by atoms with E-state index in [1.54, 1.807) is 31.2 Å². The maximum atomic E-state index is 13.4. The number of hydrogen-bond donors (Lipinski definition) is 0. The number of benzene rings is 1. The molecule has 0 spiro atoms. The predicted octanol–water partition coefficient (Wildman–Crippen LogP) is 3.26. The summed E-state index contributed by atoms with van der Waals surface area (Å²) in [6.45, 7) is 5.22. The zero-order valence-electron chi connectivity index (χ0n) is 18.3. The molecule has 1 atom stereocenters. The maximum absolute atomic E-state index is 13.4. The summed E-state index contributed by atoms with van der Waals surface area (Å²) in [5.41, 5.74) is 1.87. The van der Waals surface area contributed by atoms with Crippen LogP contribution >= 0.6 is 11.3 Å². The first kappa shape index (κ1) is 21.8. The van der Waals surface area contributed by atoms with Crippen molar-refractivity contribution >= 4 is 48.8 Å². The lowest BCUT2D eigenvalue weighted by molar-refractivity contribution is -0.148. The number of nitrogens with zero attached hydrogens (tertiary/aromatic N) is 5. The number of sulfone groups is 1. The molecule has 9 nitrogen and oxygen atoms in total. The average Bonchev–Trinajstić information content (AvgIpc) is 3.46. The Bertz CT molecular complexity index is 1440. The Morgan fingerprint density at radius 2 is 2.03 bits per heavy atom. The van der Waals surface area contributed by atoms with Gasteiger partial charge in [-0.1, -0.05) is 22.9 Å². The van der Waals surface area contributed by atoms with Crippen molar-refractivity contribution in [1.29, 1.82) is 0 Å². The maximum Gasteiger partial charge on any atom is 0.310 e. The number of esters is 1. The monoisotopic (exact) mass is 485 g/mol. The number of hydrogen-bond acceptors (Lipinski definition) is 9. The summed E-state index contributed by atoms with van der Waals surface area (Å²) in [7, 11) is -3.92. The van der Waals surface area contributed by atoms with Gasteiger partial charge in [-0.2, -0.15) is 4.52 Å². The molecule has 0 saturated carbocycles. The number of ether oxygens (including phenoxy) is 1. The predicted molar refractivity (Wildman–Crippen MR) is 124 cm³/mol. The molecule has 1 aliphatic heterocycles. The van der Waals surface area contributed by atoms with Crippen LogP contribution < -0.4 is 4.90 Å². The number of carbonyl (C=O) groups excluding carboxylic acids is 1. The standard InChI is InChI=1S/C22H23N5O4S2/c1-3-31-22(28)15-5-4-11-26(13-15)19-18-17(10-12-32-18)27-20(23-19)21(24-25-27)33(29,30)16-8-6-14(2)7-9-16/h6-10,12,15H,3-5,11,13H2,1-2H3/t15-/m1/s1. The van der Waals surface area contributed by atoms with Gasteiger partial charge in [0.05, 0.1) is 27.6 Å². The van der Waals surface area contributed by atoms with Gasteiger partial charge in [0.25, 0.3) is 0 Å². The van der Waals surface area contributed by atoms with E-state index in [0.717, 1.165) is 28.6 Å². The topological polar surface area (TPSA) is 107 Å². The Labute approximate surface area is 194 Å². The second-order valence-electron chi connectivity index (χ2n) is 8.05. The fraction of sp³-hybridized carbons (Fsp3) is 0.364. The first-order valence-corrected chi connectivity index (χ1v) is 13.1. The summed E-state index contributed by atoms with van der Waals surface area (Å²) >= 11 is 1.50. The number of aryl methyl sites for hydroxylation is 1. The highest BCUT2D eigenvalue weighted by atomic mass is 32.2. The van der Waals surface area contributed by atoms with Gasteiger partial charge in [-0.15, -0.1) is 16.4 Å². The Morgan fingerprint density at radius 1 is 1.24 bits per heavy atom. The van der Waals surface area contributed by atoms with Crippen LogP contribution in [-0.4, -0.2) is 53.9 Å². The second kappa shape index (κ2) is 8.38. The van der Waals surface area contributed by atoms with Gasteiger partial charge in [0.15, 0.2) is 11.5 Å². The summed E-state index contributed by atoms with van der Waals surface area (Å²) in [6.07, 6.45) is 1.57. The van der Waals surface area contributed by atoms with Gasteiger partial charge in [0, 0.05) is 13.1 Å². The van der Waals surface area contributed by atoms with Crippen LogP contribution in [-0.2, 0) is 19.4 Å². The van der Waals surface area contributed by atoms with Crippen molar-refractivity contribution in [3.8, 4) is 0 Å². The van der Waals surface area contributed by atoms with Gasteiger partial charge in [-0.05, 0) is 50.3 Å². The summed E-state index contributed by atoms with van der Waals surface area (Å²) in [4.78, 5) is 19.3. The number of anilines is 1. The zero-order valence-corrected chi connectivity index (χ0v) is 19.9. The molecule has 0 N–H and O–H groups in total. The number of piperidine rings is 1. The lowest BCUT2D eigenvalue weighted by Crippen LogP contribution is -2.40. The molecular weight excluding hydrogens is 462 g/mol. The van der Waals surface area contributed by atoms with Gasteiger partial charge < -0.3 is 9.64 Å². The number of rotatable bonds is 5. The van der Waals surface area contributed by atoms with Crippen molar-refractivity contribution in [3.05, 3.63) is 41.3 Å². The molecule has 33 heavy (non-hydrogen) atoms. The van der Waals surface area contributed by atoms with E-state index in [1.165, 1.54) is 15.9 Å². The highest BCUT2D eigenvalue weighted by molar-refractivity contribution is 7.91. The van der Waals surface area contributed by atoms with Crippen LogP contribution in [0, 0.1) is 12.8 Å². The largest absolute Gasteiger partial charge is 0.466 e. The average molecular weight is 486 g/mol. The summed E-state index contributed by atoms with van der Waals surface area (Å²) < 4.78 is 34.3. The third-order valence-corrected chi connectivity index (χ3v) is 8.40. The van der Waals surface area contributed by atoms with Gasteiger partial charge >= 0.3 is 5.97 Å². The van der Waals surface area contributed by atoms with Crippen LogP contribution in [0.2, 0.25) is 0 Å². The molecule has 5 rings (SSSR count). The van der Waals surface area contributed by atoms with E-state index in [2.05, 4.69) is 10.3 Å². The third-order valence-electron chi connectivity index (χ3n) is 5.83. The first-order valence-electron chi connectivity index (χ1n) is 10.8. The van der Waals surface area contributed by atoms with Gasteiger partial charge in [-0.3, -0.25) is 4.79 Å². The van der Waals surface area contributed by atoms with Crippen molar-refractivity contribution in [2.24, 2.45) is 5.92 Å². The van der Waals surface area contributed by atoms with Crippen LogP contribution in [0.15, 0.2) is 45.6 Å². The molecular formula is C22H23N5O4S2. The second-order valence-corrected chi connectivity index (χ2v) is 10.8. The quantitative estimate of drug-likeness (QED) is 0.397. The molecule has 0 radical (unpaired) electrons. The highest BCUT2D eigenvalue weighted by Gasteiger charge is 2.31. The Hall–Kier alpha value is -3.05. The summed E-state index contributed by atoms with van der Waals surface area (Å²) in [6, 6.07) is 8.50. The van der Waals surface area contributed by atoms with Gasteiger partial charge in [-0.25, -0.2) is 13.4 Å². The van der Waals surface area contributed by atoms with E-state index in [9.17, 15) is 13.2 Å². The molecule has 0 aliphatic carbocycles. The number of thiophene rings is 1. The molecule has 11 heteroatoms. The smallest absolute Gasteiger partial charge is 0.310 e. The van der Waals surface area contributed by atoms with Crippen molar-refractivity contribution in [2.45, 2.75) is 36.6 Å².